The standard InChI is InChI=1S/C13H15BrFN3S/c1-13(2,3)16-7-11-17-18-12(19-11)8-4-9(14)6-10(15)5-8/h4-6,16H,7H2,1-3H3. The fourth-order valence-corrected chi connectivity index (χ4v) is 2.69. The van der Waals surface area contributed by atoms with E-state index in [1.807, 2.05) is 6.07 Å². The number of hydrogen-bond donors (Lipinski definition) is 1. The Morgan fingerprint density at radius 1 is 1.26 bits per heavy atom. The van der Waals surface area contributed by atoms with E-state index >= 15 is 0 Å². The second-order valence-corrected chi connectivity index (χ2v) is 7.24. The van der Waals surface area contributed by atoms with Crippen LogP contribution in [0.25, 0.3) is 10.6 Å². The van der Waals surface area contributed by atoms with E-state index in [0.29, 0.717) is 11.0 Å². The van der Waals surface area contributed by atoms with Gasteiger partial charge in [-0.2, -0.15) is 0 Å². The first-order chi connectivity index (χ1) is 8.83. The summed E-state index contributed by atoms with van der Waals surface area (Å²) in [6.07, 6.45) is 0. The normalized spacial score (nSPS) is 11.8. The zero-order chi connectivity index (χ0) is 14.0. The third-order valence-corrected chi connectivity index (χ3v) is 3.78. The molecule has 19 heavy (non-hydrogen) atoms. The molecule has 1 heterocycles. The van der Waals surface area contributed by atoms with E-state index < -0.39 is 0 Å². The van der Waals surface area contributed by atoms with Crippen LogP contribution in [0.1, 0.15) is 25.8 Å². The SMILES string of the molecule is CC(C)(C)NCc1nnc(-c2cc(F)cc(Br)c2)s1. The van der Waals surface area contributed by atoms with Crippen LogP contribution in [0.15, 0.2) is 22.7 Å². The lowest BCUT2D eigenvalue weighted by atomic mass is 10.1. The van der Waals surface area contributed by atoms with Gasteiger partial charge < -0.3 is 5.32 Å². The van der Waals surface area contributed by atoms with Crippen LogP contribution in [0, 0.1) is 5.82 Å². The molecule has 1 aromatic heterocycles. The first kappa shape index (κ1) is 14.6. The van der Waals surface area contributed by atoms with Crippen molar-refractivity contribution in [1.82, 2.24) is 15.5 Å². The summed E-state index contributed by atoms with van der Waals surface area (Å²) in [6, 6.07) is 4.73. The van der Waals surface area contributed by atoms with Crippen molar-refractivity contribution in [3.05, 3.63) is 33.5 Å². The van der Waals surface area contributed by atoms with Crippen LogP contribution in [-0.2, 0) is 6.54 Å². The molecule has 1 aromatic carbocycles. The topological polar surface area (TPSA) is 37.8 Å². The van der Waals surface area contributed by atoms with Gasteiger partial charge in [0.25, 0.3) is 0 Å². The molecule has 0 fully saturated rings. The van der Waals surface area contributed by atoms with Crippen LogP contribution in [-0.4, -0.2) is 15.7 Å². The van der Waals surface area contributed by atoms with Gasteiger partial charge in [0.15, 0.2) is 0 Å². The maximum absolute atomic E-state index is 13.3. The van der Waals surface area contributed by atoms with E-state index in [2.05, 4.69) is 52.2 Å². The van der Waals surface area contributed by atoms with Crippen molar-refractivity contribution in [1.29, 1.82) is 0 Å². The number of benzene rings is 1. The molecule has 2 rings (SSSR count). The predicted molar refractivity (Wildman–Crippen MR) is 79.6 cm³/mol. The molecular weight excluding hydrogens is 329 g/mol. The highest BCUT2D eigenvalue weighted by Crippen LogP contribution is 2.27. The van der Waals surface area contributed by atoms with Gasteiger partial charge in [0.05, 0.1) is 6.54 Å². The fraction of sp³-hybridized carbons (Fsp3) is 0.385. The number of hydrogen-bond acceptors (Lipinski definition) is 4. The fourth-order valence-electron chi connectivity index (χ4n) is 1.46. The number of halogens is 2. The van der Waals surface area contributed by atoms with Gasteiger partial charge >= 0.3 is 0 Å². The Morgan fingerprint density at radius 3 is 2.63 bits per heavy atom. The van der Waals surface area contributed by atoms with Gasteiger partial charge in [-0.1, -0.05) is 27.3 Å². The van der Waals surface area contributed by atoms with Crippen molar-refractivity contribution >= 4 is 27.3 Å². The van der Waals surface area contributed by atoms with Crippen LogP contribution in [0.3, 0.4) is 0 Å². The van der Waals surface area contributed by atoms with Gasteiger partial charge in [-0.15, -0.1) is 10.2 Å². The van der Waals surface area contributed by atoms with Gasteiger partial charge in [-0.3, -0.25) is 0 Å². The maximum atomic E-state index is 13.3. The number of rotatable bonds is 3. The molecule has 0 unspecified atom stereocenters. The molecule has 0 bridgehead atoms. The van der Waals surface area contributed by atoms with Crippen LogP contribution >= 0.6 is 27.3 Å². The monoisotopic (exact) mass is 343 g/mol. The third-order valence-electron chi connectivity index (χ3n) is 2.35. The summed E-state index contributed by atoms with van der Waals surface area (Å²) < 4.78 is 14.0. The molecular formula is C13H15BrFN3S. The summed E-state index contributed by atoms with van der Waals surface area (Å²) in [7, 11) is 0. The van der Waals surface area contributed by atoms with E-state index in [9.17, 15) is 4.39 Å². The van der Waals surface area contributed by atoms with E-state index in [1.54, 1.807) is 0 Å². The second-order valence-electron chi connectivity index (χ2n) is 5.26. The molecule has 0 amide bonds. The lowest BCUT2D eigenvalue weighted by Crippen LogP contribution is -2.35. The molecule has 0 saturated carbocycles. The Hall–Kier alpha value is -0.850. The molecule has 0 aliphatic heterocycles. The molecule has 102 valence electrons. The van der Waals surface area contributed by atoms with E-state index in [-0.39, 0.29) is 11.4 Å². The zero-order valence-corrected chi connectivity index (χ0v) is 13.4. The third kappa shape index (κ3) is 4.33. The van der Waals surface area contributed by atoms with Crippen LogP contribution < -0.4 is 5.32 Å². The highest BCUT2D eigenvalue weighted by atomic mass is 79.9. The predicted octanol–water partition coefficient (Wildman–Crippen LogP) is 3.99. The minimum Gasteiger partial charge on any atom is -0.306 e. The molecule has 0 aliphatic carbocycles. The van der Waals surface area contributed by atoms with Gasteiger partial charge in [-0.05, 0) is 39.0 Å². The van der Waals surface area contributed by atoms with Crippen molar-refractivity contribution in [3.8, 4) is 10.6 Å². The van der Waals surface area contributed by atoms with Gasteiger partial charge in [0.1, 0.15) is 15.8 Å². The van der Waals surface area contributed by atoms with Crippen molar-refractivity contribution in [2.75, 3.05) is 0 Å². The highest BCUT2D eigenvalue weighted by Gasteiger charge is 2.12. The van der Waals surface area contributed by atoms with Crippen LogP contribution in [0.4, 0.5) is 4.39 Å². The Labute approximate surface area is 124 Å². The molecule has 3 nitrogen and oxygen atoms in total. The van der Waals surface area contributed by atoms with Crippen LogP contribution in [0.5, 0.6) is 0 Å². The summed E-state index contributed by atoms with van der Waals surface area (Å²) in [5.74, 6) is -0.283. The summed E-state index contributed by atoms with van der Waals surface area (Å²) in [5.41, 5.74) is 0.777. The Bertz CT molecular complexity index is 557. The Morgan fingerprint density at radius 2 is 2.00 bits per heavy atom. The van der Waals surface area contributed by atoms with E-state index in [1.165, 1.54) is 23.5 Å². The molecule has 1 N–H and O–H groups in total. The summed E-state index contributed by atoms with van der Waals surface area (Å²) in [4.78, 5) is 0. The summed E-state index contributed by atoms with van der Waals surface area (Å²) in [6.45, 7) is 6.95. The number of aromatic nitrogens is 2. The highest BCUT2D eigenvalue weighted by molar-refractivity contribution is 9.10. The van der Waals surface area contributed by atoms with Crippen molar-refractivity contribution in [2.24, 2.45) is 0 Å². The van der Waals surface area contributed by atoms with Gasteiger partial charge in [0, 0.05) is 15.6 Å². The van der Waals surface area contributed by atoms with Gasteiger partial charge in [-0.25, -0.2) is 4.39 Å². The number of nitrogens with one attached hydrogen (secondary N) is 1. The first-order valence-corrected chi connectivity index (χ1v) is 7.48. The Balaban J connectivity index is 2.16. The molecule has 0 spiro atoms. The molecule has 2 aromatic rings. The van der Waals surface area contributed by atoms with Crippen LogP contribution in [0.2, 0.25) is 0 Å². The second kappa shape index (κ2) is 5.64. The molecule has 6 heteroatoms. The Kier molecular flexibility index (Phi) is 4.32. The summed E-state index contributed by atoms with van der Waals surface area (Å²) >= 11 is 4.75. The molecule has 0 aliphatic rings. The number of nitrogens with zero attached hydrogens (tertiary/aromatic N) is 2. The first-order valence-electron chi connectivity index (χ1n) is 5.87. The molecule has 0 saturated heterocycles. The van der Waals surface area contributed by atoms with E-state index in [4.69, 9.17) is 0 Å². The van der Waals surface area contributed by atoms with Crippen molar-refractivity contribution < 1.29 is 4.39 Å². The van der Waals surface area contributed by atoms with Crippen molar-refractivity contribution in [2.45, 2.75) is 32.9 Å². The summed E-state index contributed by atoms with van der Waals surface area (Å²) in [5, 5.41) is 13.2. The minimum absolute atomic E-state index is 0.0354. The smallest absolute Gasteiger partial charge is 0.147 e. The lowest BCUT2D eigenvalue weighted by Gasteiger charge is -2.19. The molecule has 0 atom stereocenters. The molecule has 0 radical (unpaired) electrons. The quantitative estimate of drug-likeness (QED) is 0.915. The zero-order valence-electron chi connectivity index (χ0n) is 11.0. The van der Waals surface area contributed by atoms with Crippen molar-refractivity contribution in [3.63, 3.8) is 0 Å². The average Bonchev–Trinajstić information content (AvgIpc) is 2.72. The maximum Gasteiger partial charge on any atom is 0.147 e. The minimum atomic E-state index is -0.283. The van der Waals surface area contributed by atoms with Gasteiger partial charge in [0.2, 0.25) is 0 Å². The largest absolute Gasteiger partial charge is 0.306 e. The lowest BCUT2D eigenvalue weighted by molar-refractivity contribution is 0.423. The average molecular weight is 344 g/mol. The van der Waals surface area contributed by atoms with E-state index in [0.717, 1.165) is 15.6 Å².